The van der Waals surface area contributed by atoms with E-state index in [0.29, 0.717) is 6.61 Å². The van der Waals surface area contributed by atoms with Gasteiger partial charge in [0.1, 0.15) is 0 Å². The SMILES string of the molecule is CCC[CH2][Sn]([CH2]CCC)[CH2]COC(C)=O.Cl. The van der Waals surface area contributed by atoms with Crippen molar-refractivity contribution in [3.05, 3.63) is 0 Å². The molecule has 0 amide bonds. The zero-order valence-corrected chi connectivity index (χ0v) is 14.6. The predicted octanol–water partition coefficient (Wildman–Crippen LogP) is 4.07. The van der Waals surface area contributed by atoms with Crippen molar-refractivity contribution >= 4 is 38.1 Å². The van der Waals surface area contributed by atoms with Crippen LogP contribution in [0.3, 0.4) is 0 Å². The molecule has 97 valence electrons. The standard InChI is InChI=1S/C4H7O2.2C4H9.ClH.Sn/c1-3-6-4(2)5;2*1-3-4-2;;/h1,3H2,2H3;2*1,3-4H2,2H3;1H;. The smallest absolute Gasteiger partial charge is 0.147 e. The Bertz CT molecular complexity index is 157. The summed E-state index contributed by atoms with van der Waals surface area (Å²) in [5.74, 6) is -0.122. The molecule has 0 aliphatic rings. The van der Waals surface area contributed by atoms with Crippen LogP contribution < -0.4 is 0 Å². The predicted molar refractivity (Wildman–Crippen MR) is 73.9 cm³/mol. The maximum Gasteiger partial charge on any atom is -0.147 e. The van der Waals surface area contributed by atoms with Gasteiger partial charge in [-0.3, -0.25) is 0 Å². The molecule has 0 heterocycles. The summed E-state index contributed by atoms with van der Waals surface area (Å²) in [7, 11) is 0. The summed E-state index contributed by atoms with van der Waals surface area (Å²) in [5, 5.41) is 0. The normalized spacial score (nSPS) is 10.0. The van der Waals surface area contributed by atoms with Crippen LogP contribution in [0.1, 0.15) is 46.5 Å². The van der Waals surface area contributed by atoms with Crippen molar-refractivity contribution in [2.45, 2.75) is 59.8 Å². The van der Waals surface area contributed by atoms with Crippen LogP contribution in [0.4, 0.5) is 0 Å². The second-order valence-electron chi connectivity index (χ2n) is 4.05. The second kappa shape index (κ2) is 13.6. The van der Waals surface area contributed by atoms with Gasteiger partial charge in [0.15, 0.2) is 0 Å². The van der Waals surface area contributed by atoms with E-state index in [-0.39, 0.29) is 18.4 Å². The van der Waals surface area contributed by atoms with Crippen LogP contribution in [-0.2, 0) is 9.53 Å². The molecule has 4 heteroatoms. The third-order valence-corrected chi connectivity index (χ3v) is 11.2. The molecule has 16 heavy (non-hydrogen) atoms. The van der Waals surface area contributed by atoms with Gasteiger partial charge in [0.2, 0.25) is 0 Å². The van der Waals surface area contributed by atoms with E-state index in [0.717, 1.165) is 0 Å². The molecule has 0 aromatic heterocycles. The number of halogens is 1. The zero-order chi connectivity index (χ0) is 11.5. The van der Waals surface area contributed by atoms with E-state index >= 15 is 0 Å². The summed E-state index contributed by atoms with van der Waals surface area (Å²) >= 11 is -1.17. The molecule has 0 N–H and O–H groups in total. The number of carbonyl (C=O) groups is 1. The van der Waals surface area contributed by atoms with E-state index < -0.39 is 19.8 Å². The Hall–Kier alpha value is 0.559. The summed E-state index contributed by atoms with van der Waals surface area (Å²) in [5.41, 5.74) is 0. The monoisotopic (exact) mass is 357 g/mol. The van der Waals surface area contributed by atoms with Crippen LogP contribution in [0.5, 0.6) is 0 Å². The largest absolute Gasteiger partial charge is 0.147 e. The first-order valence-corrected chi connectivity index (χ1v) is 12.2. The van der Waals surface area contributed by atoms with Crippen molar-refractivity contribution in [3.63, 3.8) is 0 Å². The Kier molecular flexibility index (Phi) is 16.1. The topological polar surface area (TPSA) is 26.3 Å². The van der Waals surface area contributed by atoms with Crippen molar-refractivity contribution in [2.75, 3.05) is 6.61 Å². The van der Waals surface area contributed by atoms with Crippen molar-refractivity contribution in [3.8, 4) is 0 Å². The molecule has 0 aromatic carbocycles. The van der Waals surface area contributed by atoms with Crippen LogP contribution >= 0.6 is 12.4 Å². The average molecular weight is 357 g/mol. The van der Waals surface area contributed by atoms with Gasteiger partial charge < -0.3 is 0 Å². The molecule has 0 saturated heterocycles. The van der Waals surface area contributed by atoms with Crippen molar-refractivity contribution in [1.82, 2.24) is 0 Å². The minimum atomic E-state index is -1.17. The number of esters is 1. The first kappa shape index (κ1) is 18.9. The van der Waals surface area contributed by atoms with Crippen molar-refractivity contribution in [1.29, 1.82) is 0 Å². The fraction of sp³-hybridized carbons (Fsp3) is 0.917. The molecule has 0 saturated carbocycles. The van der Waals surface area contributed by atoms with E-state index in [2.05, 4.69) is 13.8 Å². The zero-order valence-electron chi connectivity index (χ0n) is 10.9. The van der Waals surface area contributed by atoms with Gasteiger partial charge in [0.25, 0.3) is 0 Å². The van der Waals surface area contributed by atoms with Crippen LogP contribution in [-0.4, -0.2) is 32.3 Å². The van der Waals surface area contributed by atoms with Gasteiger partial charge in [0.05, 0.1) is 0 Å². The average Bonchev–Trinajstić information content (AvgIpc) is 2.20. The molecular formula is C12H26ClO2Sn. The first-order chi connectivity index (χ1) is 7.20. The first-order valence-electron chi connectivity index (χ1n) is 6.17. The van der Waals surface area contributed by atoms with Crippen molar-refractivity contribution in [2.24, 2.45) is 0 Å². The summed E-state index contributed by atoms with van der Waals surface area (Å²) in [6, 6.07) is 0. The van der Waals surface area contributed by atoms with Crippen LogP contribution in [0.15, 0.2) is 0 Å². The fourth-order valence-corrected chi connectivity index (χ4v) is 9.70. The summed E-state index contributed by atoms with van der Waals surface area (Å²) < 4.78 is 9.25. The van der Waals surface area contributed by atoms with Gasteiger partial charge in [-0.2, -0.15) is 0 Å². The molecule has 0 bridgehead atoms. The molecule has 0 spiro atoms. The number of ether oxygens (including phenoxy) is 1. The Morgan fingerprint density at radius 1 is 1.06 bits per heavy atom. The van der Waals surface area contributed by atoms with E-state index in [4.69, 9.17) is 4.74 Å². The second-order valence-corrected chi connectivity index (χ2v) is 12.6. The number of hydrogen-bond acceptors (Lipinski definition) is 2. The van der Waals surface area contributed by atoms with Crippen LogP contribution in [0.2, 0.25) is 13.3 Å². The molecule has 2 nitrogen and oxygen atoms in total. The maximum absolute atomic E-state index is 10.7. The van der Waals surface area contributed by atoms with E-state index in [9.17, 15) is 4.79 Å². The third kappa shape index (κ3) is 12.6. The summed E-state index contributed by atoms with van der Waals surface area (Å²) in [4.78, 5) is 10.7. The van der Waals surface area contributed by atoms with Crippen LogP contribution in [0, 0.1) is 0 Å². The molecule has 0 atom stereocenters. The van der Waals surface area contributed by atoms with E-state index in [1.165, 1.54) is 45.9 Å². The molecule has 0 aliphatic carbocycles. The molecule has 1 radical (unpaired) electrons. The van der Waals surface area contributed by atoms with Crippen LogP contribution in [0.25, 0.3) is 0 Å². The van der Waals surface area contributed by atoms with Gasteiger partial charge in [-0.05, 0) is 0 Å². The third-order valence-electron chi connectivity index (χ3n) is 2.53. The van der Waals surface area contributed by atoms with Gasteiger partial charge >= 0.3 is 102 Å². The van der Waals surface area contributed by atoms with Gasteiger partial charge in [-0.15, -0.1) is 12.4 Å². The molecule has 0 rings (SSSR count). The summed E-state index contributed by atoms with van der Waals surface area (Å²) in [6.07, 6.45) is 5.39. The van der Waals surface area contributed by atoms with E-state index in [1.54, 1.807) is 0 Å². The minimum absolute atomic E-state index is 0. The van der Waals surface area contributed by atoms with E-state index in [1.807, 2.05) is 0 Å². The molecule has 0 aromatic rings. The Morgan fingerprint density at radius 3 is 1.94 bits per heavy atom. The Morgan fingerprint density at radius 2 is 1.56 bits per heavy atom. The molecule has 0 unspecified atom stereocenters. The molecular weight excluding hydrogens is 330 g/mol. The maximum atomic E-state index is 10.7. The molecule has 0 aliphatic heterocycles. The van der Waals surface area contributed by atoms with Gasteiger partial charge in [0, 0.05) is 0 Å². The number of carbonyl (C=O) groups excluding carboxylic acids is 1. The summed E-state index contributed by atoms with van der Waals surface area (Å²) in [6.45, 7) is 6.71. The van der Waals surface area contributed by atoms with Gasteiger partial charge in [-0.25, -0.2) is 0 Å². The van der Waals surface area contributed by atoms with Crippen molar-refractivity contribution < 1.29 is 9.53 Å². The number of rotatable bonds is 9. The number of hydrogen-bond donors (Lipinski definition) is 0. The Labute approximate surface area is 114 Å². The Balaban J connectivity index is 0. The number of unbranched alkanes of at least 4 members (excludes halogenated alkanes) is 2. The molecule has 0 fully saturated rings. The van der Waals surface area contributed by atoms with Gasteiger partial charge in [-0.1, -0.05) is 0 Å². The fourth-order valence-electron chi connectivity index (χ4n) is 1.57. The quantitative estimate of drug-likeness (QED) is 0.460. The minimum Gasteiger partial charge on any atom is -0.147 e.